The largest absolute Gasteiger partial charge is 0.336 e. The summed E-state index contributed by atoms with van der Waals surface area (Å²) in [4.78, 5) is 17.0. The van der Waals surface area contributed by atoms with Crippen LogP contribution in [-0.4, -0.2) is 15.3 Å². The summed E-state index contributed by atoms with van der Waals surface area (Å²) < 4.78 is 2.32. The predicted octanol–water partition coefficient (Wildman–Crippen LogP) is 4.19. The fraction of sp³-hybridized carbons (Fsp3) is 0.529. The monoisotopic (exact) mass is 302 g/mol. The average Bonchev–Trinajstić information content (AvgIpc) is 2.95. The van der Waals surface area contributed by atoms with Crippen LogP contribution in [0.1, 0.15) is 60.9 Å². The third kappa shape index (κ3) is 2.26. The van der Waals surface area contributed by atoms with E-state index in [1.807, 2.05) is 11.6 Å². The number of nitrogens with zero attached hydrogens (tertiary/aromatic N) is 2. The zero-order valence-corrected chi connectivity index (χ0v) is 14.2. The molecule has 0 unspecified atom stereocenters. The lowest BCUT2D eigenvalue weighted by Gasteiger charge is -2.34. The summed E-state index contributed by atoms with van der Waals surface area (Å²) >= 11 is 1.67. The maximum absolute atomic E-state index is 12.5. The van der Waals surface area contributed by atoms with Gasteiger partial charge in [0.05, 0.1) is 5.54 Å². The highest BCUT2D eigenvalue weighted by Crippen LogP contribution is 2.40. The molecule has 3 nitrogen and oxygen atoms in total. The van der Waals surface area contributed by atoms with Crippen molar-refractivity contribution in [2.24, 2.45) is 5.41 Å². The zero-order valence-electron chi connectivity index (χ0n) is 13.4. The summed E-state index contributed by atoms with van der Waals surface area (Å²) in [5.74, 6) is 0.276. The number of hydrogen-bond donors (Lipinski definition) is 0. The maximum Gasteiger partial charge on any atom is 0.165 e. The molecule has 0 aromatic carbocycles. The van der Waals surface area contributed by atoms with Crippen molar-refractivity contribution in [2.45, 2.75) is 53.0 Å². The Balaban J connectivity index is 2.20. The topological polar surface area (TPSA) is 34.9 Å². The highest BCUT2D eigenvalue weighted by molar-refractivity contribution is 7.09. The number of fused-ring (bicyclic) bond motifs is 1. The number of Topliss-reactive ketones (excluding diaryl/α,β-unsaturated/α-hetero) is 1. The van der Waals surface area contributed by atoms with Gasteiger partial charge in [-0.05, 0) is 38.7 Å². The van der Waals surface area contributed by atoms with Crippen LogP contribution in [0.15, 0.2) is 17.6 Å². The summed E-state index contributed by atoms with van der Waals surface area (Å²) in [5, 5.41) is 3.09. The van der Waals surface area contributed by atoms with Gasteiger partial charge in [0.1, 0.15) is 5.01 Å². The van der Waals surface area contributed by atoms with E-state index in [1.54, 1.807) is 11.3 Å². The molecule has 0 saturated carbocycles. The molecule has 0 bridgehead atoms. The number of hydrogen-bond acceptors (Lipinski definition) is 3. The van der Waals surface area contributed by atoms with Crippen molar-refractivity contribution in [3.8, 4) is 0 Å². The molecule has 2 aromatic heterocycles. The van der Waals surface area contributed by atoms with E-state index in [-0.39, 0.29) is 16.7 Å². The van der Waals surface area contributed by atoms with Crippen LogP contribution in [0.2, 0.25) is 0 Å². The summed E-state index contributed by atoms with van der Waals surface area (Å²) in [7, 11) is 0. The molecule has 0 atom stereocenters. The van der Waals surface area contributed by atoms with E-state index in [1.165, 1.54) is 5.69 Å². The van der Waals surface area contributed by atoms with Crippen molar-refractivity contribution < 1.29 is 4.79 Å². The molecule has 0 fully saturated rings. The Hall–Kier alpha value is -1.42. The fourth-order valence-corrected chi connectivity index (χ4v) is 4.30. The Labute approximate surface area is 130 Å². The first-order chi connectivity index (χ1) is 9.72. The number of ketones is 1. The molecular formula is C17H22N2OS. The molecule has 0 spiro atoms. The van der Waals surface area contributed by atoms with Crippen LogP contribution in [0.5, 0.6) is 0 Å². The molecule has 0 N–H and O–H groups in total. The molecule has 4 heteroatoms. The molecule has 0 aliphatic heterocycles. The molecule has 1 aliphatic carbocycles. The van der Waals surface area contributed by atoms with Crippen LogP contribution in [0.25, 0.3) is 0 Å². The molecule has 21 heavy (non-hydrogen) atoms. The lowest BCUT2D eigenvalue weighted by Crippen LogP contribution is -2.34. The molecule has 0 saturated heterocycles. The van der Waals surface area contributed by atoms with Crippen molar-refractivity contribution in [1.29, 1.82) is 0 Å². The highest BCUT2D eigenvalue weighted by atomic mass is 32.1. The molecule has 0 amide bonds. The minimum atomic E-state index is -0.223. The van der Waals surface area contributed by atoms with Gasteiger partial charge in [0, 0.05) is 34.9 Å². The average molecular weight is 302 g/mol. The van der Waals surface area contributed by atoms with Crippen molar-refractivity contribution in [1.82, 2.24) is 9.55 Å². The molecular weight excluding hydrogens is 280 g/mol. The van der Waals surface area contributed by atoms with Crippen molar-refractivity contribution in [3.05, 3.63) is 39.6 Å². The molecule has 0 radical (unpaired) electrons. The Morgan fingerprint density at radius 2 is 2.05 bits per heavy atom. The van der Waals surface area contributed by atoms with Gasteiger partial charge in [-0.15, -0.1) is 11.3 Å². The summed E-state index contributed by atoms with van der Waals surface area (Å²) in [6.07, 6.45) is 3.43. The summed E-state index contributed by atoms with van der Waals surface area (Å²) in [5.41, 5.74) is 3.04. The second-order valence-corrected chi connectivity index (χ2v) is 8.21. The number of rotatable bonds is 2. The number of carbonyl (C=O) groups is 1. The van der Waals surface area contributed by atoms with Gasteiger partial charge in [0.25, 0.3) is 0 Å². The van der Waals surface area contributed by atoms with Gasteiger partial charge in [-0.3, -0.25) is 4.79 Å². The van der Waals surface area contributed by atoms with Crippen LogP contribution in [0.4, 0.5) is 0 Å². The van der Waals surface area contributed by atoms with Crippen LogP contribution >= 0.6 is 11.3 Å². The normalized spacial score (nSPS) is 17.9. The highest BCUT2D eigenvalue weighted by Gasteiger charge is 2.38. The van der Waals surface area contributed by atoms with Crippen LogP contribution < -0.4 is 0 Å². The molecule has 1 aliphatic rings. The minimum absolute atomic E-state index is 0.0333. The maximum atomic E-state index is 12.5. The molecule has 2 aromatic rings. The standard InChI is InChI=1S/C17H22N2OS/c1-11-8-12-13(9-16(2,3)10-14(12)20)19(11)17(4,5)15-18-6-7-21-15/h6-8H,9-10H2,1-5H3. The number of aryl methyl sites for hydroxylation is 1. The SMILES string of the molecule is Cc1cc2c(n1C(C)(C)c1nccs1)CC(C)(C)CC2=O. The lowest BCUT2D eigenvalue weighted by molar-refractivity contribution is 0.0908. The quantitative estimate of drug-likeness (QED) is 0.833. The second kappa shape index (κ2) is 4.54. The van der Waals surface area contributed by atoms with Crippen LogP contribution in [0, 0.1) is 12.3 Å². The van der Waals surface area contributed by atoms with E-state index in [9.17, 15) is 4.79 Å². The van der Waals surface area contributed by atoms with Crippen molar-refractivity contribution in [2.75, 3.05) is 0 Å². The number of aromatic nitrogens is 2. The molecule has 2 heterocycles. The fourth-order valence-electron chi connectivity index (χ4n) is 3.55. The number of thiazole rings is 1. The summed E-state index contributed by atoms with van der Waals surface area (Å²) in [6.45, 7) is 10.8. The molecule has 3 rings (SSSR count). The van der Waals surface area contributed by atoms with Gasteiger partial charge in [-0.25, -0.2) is 4.98 Å². The Bertz CT molecular complexity index is 693. The second-order valence-electron chi connectivity index (χ2n) is 7.32. The third-order valence-electron chi connectivity index (χ3n) is 4.39. The summed E-state index contributed by atoms with van der Waals surface area (Å²) in [6, 6.07) is 2.06. The third-order valence-corrected chi connectivity index (χ3v) is 5.47. The van der Waals surface area contributed by atoms with E-state index < -0.39 is 0 Å². The van der Waals surface area contributed by atoms with Gasteiger partial charge >= 0.3 is 0 Å². The smallest absolute Gasteiger partial charge is 0.165 e. The van der Waals surface area contributed by atoms with Gasteiger partial charge in [-0.2, -0.15) is 0 Å². The predicted molar refractivity (Wildman–Crippen MR) is 86.1 cm³/mol. The Kier molecular flexibility index (Phi) is 3.14. The van der Waals surface area contributed by atoms with Gasteiger partial charge in [0.15, 0.2) is 5.78 Å². The van der Waals surface area contributed by atoms with E-state index in [2.05, 4.69) is 50.2 Å². The van der Waals surface area contributed by atoms with Crippen LogP contribution in [-0.2, 0) is 12.0 Å². The van der Waals surface area contributed by atoms with Gasteiger partial charge < -0.3 is 4.57 Å². The van der Waals surface area contributed by atoms with Crippen LogP contribution in [0.3, 0.4) is 0 Å². The van der Waals surface area contributed by atoms with Crippen molar-refractivity contribution >= 4 is 17.1 Å². The van der Waals surface area contributed by atoms with E-state index in [0.717, 1.165) is 22.7 Å². The van der Waals surface area contributed by atoms with E-state index in [4.69, 9.17) is 0 Å². The first kappa shape index (κ1) is 14.5. The first-order valence-electron chi connectivity index (χ1n) is 7.37. The minimum Gasteiger partial charge on any atom is -0.336 e. The Morgan fingerprint density at radius 3 is 2.67 bits per heavy atom. The molecule has 112 valence electrons. The van der Waals surface area contributed by atoms with Gasteiger partial charge in [0.2, 0.25) is 0 Å². The van der Waals surface area contributed by atoms with Crippen molar-refractivity contribution in [3.63, 3.8) is 0 Å². The first-order valence-corrected chi connectivity index (χ1v) is 8.25. The Morgan fingerprint density at radius 1 is 1.33 bits per heavy atom. The zero-order chi connectivity index (χ0) is 15.4. The van der Waals surface area contributed by atoms with E-state index in [0.29, 0.717) is 6.42 Å². The number of carbonyl (C=O) groups excluding carboxylic acids is 1. The lowest BCUT2D eigenvalue weighted by atomic mass is 9.76. The van der Waals surface area contributed by atoms with E-state index >= 15 is 0 Å². The van der Waals surface area contributed by atoms with Gasteiger partial charge in [-0.1, -0.05) is 13.8 Å².